The summed E-state index contributed by atoms with van der Waals surface area (Å²) in [5.41, 5.74) is -0.680. The number of hydrogen-bond donors (Lipinski definition) is 0. The largest absolute Gasteiger partial charge is 0.273 e. The second-order valence-corrected chi connectivity index (χ2v) is 5.53. The summed E-state index contributed by atoms with van der Waals surface area (Å²) in [7, 11) is 0. The van der Waals surface area contributed by atoms with Gasteiger partial charge in [0.2, 0.25) is 11.8 Å². The van der Waals surface area contributed by atoms with Gasteiger partial charge in [-0.2, -0.15) is 0 Å². The lowest BCUT2D eigenvalue weighted by Crippen LogP contribution is -2.35. The Labute approximate surface area is 101 Å². The Morgan fingerprint density at radius 2 is 1.24 bits per heavy atom. The zero-order valence-electron chi connectivity index (χ0n) is 10.7. The lowest BCUT2D eigenvalue weighted by molar-refractivity contribution is -0.129. The highest BCUT2D eigenvalue weighted by Gasteiger charge is 2.59. The van der Waals surface area contributed by atoms with E-state index in [9.17, 15) is 9.59 Å². The fourth-order valence-electron chi connectivity index (χ4n) is 2.00. The molecule has 0 bridgehead atoms. The molecule has 1 aliphatic rings. The number of benzene rings is 1. The molecule has 0 radical (unpaired) electrons. The van der Waals surface area contributed by atoms with Gasteiger partial charge in [-0.15, -0.1) is 0 Å². The highest BCUT2D eigenvalue weighted by molar-refractivity contribution is 6.24. The molecule has 1 aromatic rings. The summed E-state index contributed by atoms with van der Waals surface area (Å²) < 4.78 is 0. The molecule has 0 N–H and O–H groups in total. The highest BCUT2D eigenvalue weighted by Crippen LogP contribution is 2.48. The Kier molecular flexibility index (Phi) is 2.38. The molecule has 2 amide bonds. The third-order valence-corrected chi connectivity index (χ3v) is 4.05. The molecule has 0 spiro atoms. The number of anilines is 1. The van der Waals surface area contributed by atoms with Crippen LogP contribution in [0.5, 0.6) is 0 Å². The average molecular weight is 231 g/mol. The molecule has 3 nitrogen and oxygen atoms in total. The predicted molar refractivity (Wildman–Crippen MR) is 66.5 cm³/mol. The summed E-state index contributed by atoms with van der Waals surface area (Å²) in [6, 6.07) is 9.09. The fraction of sp³-hybridized carbons (Fsp3) is 0.429. The molecule has 1 aliphatic heterocycles. The van der Waals surface area contributed by atoms with Gasteiger partial charge in [0.05, 0.1) is 16.5 Å². The van der Waals surface area contributed by atoms with Crippen molar-refractivity contribution in [1.82, 2.24) is 0 Å². The van der Waals surface area contributed by atoms with Crippen molar-refractivity contribution < 1.29 is 9.59 Å². The van der Waals surface area contributed by atoms with Gasteiger partial charge in [0, 0.05) is 0 Å². The van der Waals surface area contributed by atoms with Crippen molar-refractivity contribution in [1.29, 1.82) is 0 Å². The number of imide groups is 1. The number of carbonyl (C=O) groups is 2. The maximum atomic E-state index is 12.4. The molecule has 17 heavy (non-hydrogen) atoms. The quantitative estimate of drug-likeness (QED) is 0.697. The van der Waals surface area contributed by atoms with Gasteiger partial charge in [-0.3, -0.25) is 9.59 Å². The Hall–Kier alpha value is -1.64. The first-order valence-electron chi connectivity index (χ1n) is 5.74. The summed E-state index contributed by atoms with van der Waals surface area (Å²) in [6.45, 7) is 7.32. The maximum Gasteiger partial charge on any atom is 0.240 e. The van der Waals surface area contributed by atoms with E-state index >= 15 is 0 Å². The van der Waals surface area contributed by atoms with E-state index in [4.69, 9.17) is 0 Å². The van der Waals surface area contributed by atoms with Crippen LogP contribution in [-0.2, 0) is 9.59 Å². The van der Waals surface area contributed by atoms with Gasteiger partial charge in [0.1, 0.15) is 0 Å². The van der Waals surface area contributed by atoms with Crippen LogP contribution in [0.4, 0.5) is 5.69 Å². The van der Waals surface area contributed by atoms with Crippen LogP contribution in [0.15, 0.2) is 30.3 Å². The van der Waals surface area contributed by atoms with Crippen LogP contribution in [0, 0.1) is 10.8 Å². The van der Waals surface area contributed by atoms with Gasteiger partial charge in [-0.1, -0.05) is 18.2 Å². The first-order chi connectivity index (χ1) is 7.80. The fourth-order valence-corrected chi connectivity index (χ4v) is 2.00. The smallest absolute Gasteiger partial charge is 0.240 e. The maximum absolute atomic E-state index is 12.4. The lowest BCUT2D eigenvalue weighted by Gasteiger charge is -2.28. The summed E-state index contributed by atoms with van der Waals surface area (Å²) in [6.07, 6.45) is 0. The zero-order valence-corrected chi connectivity index (χ0v) is 10.7. The monoisotopic (exact) mass is 231 g/mol. The molecule has 0 aromatic heterocycles. The number of hydrogen-bond acceptors (Lipinski definition) is 2. The minimum atomic E-state index is -0.667. The molecule has 0 unspecified atom stereocenters. The van der Waals surface area contributed by atoms with E-state index in [1.807, 2.05) is 45.9 Å². The number of amides is 2. The third kappa shape index (κ3) is 1.42. The van der Waals surface area contributed by atoms with Crippen LogP contribution in [-0.4, -0.2) is 11.8 Å². The second-order valence-electron chi connectivity index (χ2n) is 5.53. The van der Waals surface area contributed by atoms with Crippen molar-refractivity contribution in [3.8, 4) is 0 Å². The molecule has 0 aliphatic carbocycles. The van der Waals surface area contributed by atoms with Crippen LogP contribution >= 0.6 is 0 Å². The first kappa shape index (κ1) is 11.8. The van der Waals surface area contributed by atoms with Crippen molar-refractivity contribution in [2.45, 2.75) is 27.7 Å². The van der Waals surface area contributed by atoms with Gasteiger partial charge in [-0.25, -0.2) is 4.90 Å². The summed E-state index contributed by atoms with van der Waals surface area (Å²) in [4.78, 5) is 26.0. The van der Waals surface area contributed by atoms with Crippen LogP contribution < -0.4 is 4.90 Å². The van der Waals surface area contributed by atoms with Crippen LogP contribution in [0.2, 0.25) is 0 Å². The molecule has 1 aromatic carbocycles. The van der Waals surface area contributed by atoms with Gasteiger partial charge in [0.15, 0.2) is 0 Å². The lowest BCUT2D eigenvalue weighted by atomic mass is 9.70. The topological polar surface area (TPSA) is 37.4 Å². The van der Waals surface area contributed by atoms with Gasteiger partial charge >= 0.3 is 0 Å². The Bertz CT molecular complexity index is 448. The van der Waals surface area contributed by atoms with Crippen molar-refractivity contribution >= 4 is 17.5 Å². The molecule has 1 heterocycles. The summed E-state index contributed by atoms with van der Waals surface area (Å²) >= 11 is 0. The van der Waals surface area contributed by atoms with Crippen LogP contribution in [0.1, 0.15) is 27.7 Å². The van der Waals surface area contributed by atoms with E-state index in [1.54, 1.807) is 12.1 Å². The molecule has 3 heteroatoms. The highest BCUT2D eigenvalue weighted by atomic mass is 16.2. The molecule has 1 saturated heterocycles. The van der Waals surface area contributed by atoms with E-state index in [0.717, 1.165) is 0 Å². The minimum absolute atomic E-state index is 0.126. The molecule has 90 valence electrons. The van der Waals surface area contributed by atoms with Crippen molar-refractivity contribution in [3.05, 3.63) is 30.3 Å². The number of para-hydroxylation sites is 1. The molecule has 2 rings (SSSR count). The molecular weight excluding hydrogens is 214 g/mol. The second kappa shape index (κ2) is 3.42. The van der Waals surface area contributed by atoms with Crippen molar-refractivity contribution in [3.63, 3.8) is 0 Å². The third-order valence-electron chi connectivity index (χ3n) is 4.05. The standard InChI is InChI=1S/C14H17NO2/c1-13(2)11(16)15(12(17)14(13,3)4)10-8-6-5-7-9-10/h5-9H,1-4H3. The Morgan fingerprint density at radius 3 is 1.65 bits per heavy atom. The van der Waals surface area contributed by atoms with E-state index in [1.165, 1.54) is 4.90 Å². The minimum Gasteiger partial charge on any atom is -0.273 e. The average Bonchev–Trinajstić information content (AvgIpc) is 2.40. The number of nitrogens with zero attached hydrogens (tertiary/aromatic N) is 1. The van der Waals surface area contributed by atoms with E-state index in [-0.39, 0.29) is 11.8 Å². The van der Waals surface area contributed by atoms with Crippen molar-refractivity contribution in [2.75, 3.05) is 4.90 Å². The zero-order chi connectivity index (χ0) is 12.8. The van der Waals surface area contributed by atoms with E-state index in [0.29, 0.717) is 5.69 Å². The predicted octanol–water partition coefficient (Wildman–Crippen LogP) is 2.61. The van der Waals surface area contributed by atoms with E-state index < -0.39 is 10.8 Å². The normalized spacial score (nSPS) is 22.0. The Balaban J connectivity index is 2.53. The molecule has 0 atom stereocenters. The SMILES string of the molecule is CC1(C)C(=O)N(c2ccccc2)C(=O)C1(C)C. The molecule has 0 saturated carbocycles. The number of rotatable bonds is 1. The summed E-state index contributed by atoms with van der Waals surface area (Å²) in [5.74, 6) is -0.252. The van der Waals surface area contributed by atoms with Crippen LogP contribution in [0.25, 0.3) is 0 Å². The van der Waals surface area contributed by atoms with E-state index in [2.05, 4.69) is 0 Å². The first-order valence-corrected chi connectivity index (χ1v) is 5.74. The Morgan fingerprint density at radius 1 is 0.824 bits per heavy atom. The summed E-state index contributed by atoms with van der Waals surface area (Å²) in [5, 5.41) is 0. The molecule has 1 fully saturated rings. The van der Waals surface area contributed by atoms with Gasteiger partial charge < -0.3 is 0 Å². The van der Waals surface area contributed by atoms with Crippen LogP contribution in [0.3, 0.4) is 0 Å². The molecular formula is C14H17NO2. The van der Waals surface area contributed by atoms with Crippen molar-refractivity contribution in [2.24, 2.45) is 10.8 Å². The number of carbonyl (C=O) groups excluding carboxylic acids is 2. The van der Waals surface area contributed by atoms with Gasteiger partial charge in [0.25, 0.3) is 0 Å². The van der Waals surface area contributed by atoms with Gasteiger partial charge in [-0.05, 0) is 39.8 Å².